The maximum Gasteiger partial charge on any atom is 0.128 e. The number of hydrogen-bond acceptors (Lipinski definition) is 3. The second-order valence-corrected chi connectivity index (χ2v) is 5.06. The van der Waals surface area contributed by atoms with Gasteiger partial charge in [-0.15, -0.1) is 11.3 Å². The van der Waals surface area contributed by atoms with Gasteiger partial charge in [0.15, 0.2) is 0 Å². The van der Waals surface area contributed by atoms with E-state index in [1.165, 1.54) is 16.0 Å². The summed E-state index contributed by atoms with van der Waals surface area (Å²) in [5.41, 5.74) is 2.50. The number of aryl methyl sites for hydroxylation is 2. The highest BCUT2D eigenvalue weighted by Crippen LogP contribution is 2.28. The molecule has 3 heteroatoms. The molecule has 0 radical (unpaired) electrons. The highest BCUT2D eigenvalue weighted by atomic mass is 32.1. The lowest BCUT2D eigenvalue weighted by atomic mass is 10.0. The van der Waals surface area contributed by atoms with Crippen molar-refractivity contribution in [2.45, 2.75) is 26.8 Å². The number of thiophene rings is 1. The van der Waals surface area contributed by atoms with Gasteiger partial charge in [0.05, 0.1) is 12.3 Å². The van der Waals surface area contributed by atoms with Crippen molar-refractivity contribution >= 4 is 11.3 Å². The van der Waals surface area contributed by atoms with Gasteiger partial charge in [-0.2, -0.15) is 0 Å². The number of furan rings is 1. The summed E-state index contributed by atoms with van der Waals surface area (Å²) in [6.45, 7) is 7.26. The smallest absolute Gasteiger partial charge is 0.128 e. The van der Waals surface area contributed by atoms with E-state index in [9.17, 15) is 0 Å². The number of rotatable bonds is 4. The summed E-state index contributed by atoms with van der Waals surface area (Å²) >= 11 is 1.78. The summed E-state index contributed by atoms with van der Waals surface area (Å²) in [5, 5.41) is 5.67. The third-order valence-corrected chi connectivity index (χ3v) is 3.54. The molecule has 0 amide bonds. The Labute approximate surface area is 100 Å². The van der Waals surface area contributed by atoms with Crippen LogP contribution in [0.1, 0.15) is 34.7 Å². The topological polar surface area (TPSA) is 25.2 Å². The van der Waals surface area contributed by atoms with Crippen LogP contribution in [0, 0.1) is 13.8 Å². The van der Waals surface area contributed by atoms with Crippen molar-refractivity contribution in [3.63, 3.8) is 0 Å². The Morgan fingerprint density at radius 2 is 2.25 bits per heavy atom. The van der Waals surface area contributed by atoms with Crippen molar-refractivity contribution in [2.75, 3.05) is 6.54 Å². The Morgan fingerprint density at radius 3 is 2.75 bits per heavy atom. The van der Waals surface area contributed by atoms with Crippen LogP contribution in [-0.4, -0.2) is 6.54 Å². The van der Waals surface area contributed by atoms with E-state index in [0.717, 1.165) is 12.3 Å². The molecule has 2 aromatic heterocycles. The van der Waals surface area contributed by atoms with Crippen LogP contribution in [0.25, 0.3) is 0 Å². The standard InChI is InChI=1S/C13H17NOS/c1-4-14-12(11-7-10(3)16-8-11)13-9(2)5-6-15-13/h5-8,12,14H,4H2,1-3H3. The van der Waals surface area contributed by atoms with Gasteiger partial charge in [-0.3, -0.25) is 0 Å². The molecule has 2 aromatic rings. The van der Waals surface area contributed by atoms with Crippen LogP contribution in [0.5, 0.6) is 0 Å². The molecule has 1 atom stereocenters. The van der Waals surface area contributed by atoms with Gasteiger partial charge in [0.1, 0.15) is 5.76 Å². The van der Waals surface area contributed by atoms with Gasteiger partial charge in [-0.1, -0.05) is 6.92 Å². The van der Waals surface area contributed by atoms with E-state index >= 15 is 0 Å². The van der Waals surface area contributed by atoms with Crippen LogP contribution >= 0.6 is 11.3 Å². The molecule has 0 aliphatic heterocycles. The molecule has 0 saturated heterocycles. The molecule has 2 heterocycles. The van der Waals surface area contributed by atoms with E-state index in [-0.39, 0.29) is 6.04 Å². The predicted octanol–water partition coefficient (Wildman–Crippen LogP) is 3.66. The molecule has 16 heavy (non-hydrogen) atoms. The van der Waals surface area contributed by atoms with Crippen LogP contribution < -0.4 is 5.32 Å². The highest BCUT2D eigenvalue weighted by Gasteiger charge is 2.18. The predicted molar refractivity (Wildman–Crippen MR) is 68.0 cm³/mol. The van der Waals surface area contributed by atoms with E-state index in [2.05, 4.69) is 37.5 Å². The Bertz CT molecular complexity index is 458. The summed E-state index contributed by atoms with van der Waals surface area (Å²) in [5.74, 6) is 1.03. The molecule has 0 saturated carbocycles. The summed E-state index contributed by atoms with van der Waals surface area (Å²) < 4.78 is 5.58. The van der Waals surface area contributed by atoms with Gasteiger partial charge in [-0.25, -0.2) is 0 Å². The third-order valence-electron chi connectivity index (χ3n) is 2.66. The van der Waals surface area contributed by atoms with Crippen LogP contribution in [0.15, 0.2) is 28.2 Å². The lowest BCUT2D eigenvalue weighted by molar-refractivity contribution is 0.450. The van der Waals surface area contributed by atoms with E-state index in [1.54, 1.807) is 17.6 Å². The Hall–Kier alpha value is -1.06. The molecule has 0 aliphatic carbocycles. The minimum atomic E-state index is 0.185. The van der Waals surface area contributed by atoms with Crippen molar-refractivity contribution < 1.29 is 4.42 Å². The van der Waals surface area contributed by atoms with Crippen molar-refractivity contribution in [3.8, 4) is 0 Å². The van der Waals surface area contributed by atoms with Gasteiger partial charge < -0.3 is 9.73 Å². The zero-order valence-corrected chi connectivity index (χ0v) is 10.7. The van der Waals surface area contributed by atoms with Crippen LogP contribution in [0.3, 0.4) is 0 Å². The van der Waals surface area contributed by atoms with Crippen molar-refractivity contribution in [2.24, 2.45) is 0 Å². The number of nitrogens with one attached hydrogen (secondary N) is 1. The second-order valence-electron chi connectivity index (χ2n) is 3.95. The Balaban J connectivity index is 2.34. The van der Waals surface area contributed by atoms with Gasteiger partial charge >= 0.3 is 0 Å². The maximum atomic E-state index is 5.58. The van der Waals surface area contributed by atoms with Crippen molar-refractivity contribution in [1.82, 2.24) is 5.32 Å². The summed E-state index contributed by atoms with van der Waals surface area (Å²) in [4.78, 5) is 1.34. The van der Waals surface area contributed by atoms with Gasteiger partial charge in [0.25, 0.3) is 0 Å². The average Bonchev–Trinajstić information content (AvgIpc) is 2.84. The van der Waals surface area contributed by atoms with Gasteiger partial charge in [0, 0.05) is 4.88 Å². The van der Waals surface area contributed by atoms with Gasteiger partial charge in [-0.05, 0) is 49.0 Å². The lowest BCUT2D eigenvalue weighted by Crippen LogP contribution is -2.21. The largest absolute Gasteiger partial charge is 0.467 e. The number of hydrogen-bond donors (Lipinski definition) is 1. The minimum absolute atomic E-state index is 0.185. The highest BCUT2D eigenvalue weighted by molar-refractivity contribution is 7.10. The van der Waals surface area contributed by atoms with E-state index in [0.29, 0.717) is 0 Å². The summed E-state index contributed by atoms with van der Waals surface area (Å²) in [7, 11) is 0. The van der Waals surface area contributed by atoms with Crippen molar-refractivity contribution in [3.05, 3.63) is 45.5 Å². The SMILES string of the molecule is CCNC(c1csc(C)c1)c1occc1C. The third kappa shape index (κ3) is 2.20. The first-order chi connectivity index (χ1) is 7.72. The molecule has 1 unspecified atom stereocenters. The Kier molecular flexibility index (Phi) is 3.46. The zero-order chi connectivity index (χ0) is 11.5. The molecule has 2 nitrogen and oxygen atoms in total. The first kappa shape index (κ1) is 11.4. The normalized spacial score (nSPS) is 12.9. The fraction of sp³-hybridized carbons (Fsp3) is 0.385. The molecule has 0 aromatic carbocycles. The molecule has 0 spiro atoms. The minimum Gasteiger partial charge on any atom is -0.467 e. The lowest BCUT2D eigenvalue weighted by Gasteiger charge is -2.15. The maximum absolute atomic E-state index is 5.58. The molecule has 0 bridgehead atoms. The summed E-state index contributed by atoms with van der Waals surface area (Å²) in [6, 6.07) is 4.42. The summed E-state index contributed by atoms with van der Waals surface area (Å²) in [6.07, 6.45) is 1.76. The fourth-order valence-corrected chi connectivity index (χ4v) is 2.59. The zero-order valence-electron chi connectivity index (χ0n) is 9.91. The molecular weight excluding hydrogens is 218 g/mol. The van der Waals surface area contributed by atoms with E-state index in [4.69, 9.17) is 4.42 Å². The van der Waals surface area contributed by atoms with E-state index in [1.807, 2.05) is 6.07 Å². The Morgan fingerprint density at radius 1 is 1.44 bits per heavy atom. The average molecular weight is 235 g/mol. The molecular formula is C13H17NOS. The van der Waals surface area contributed by atoms with Gasteiger partial charge in [0.2, 0.25) is 0 Å². The van der Waals surface area contributed by atoms with Crippen molar-refractivity contribution in [1.29, 1.82) is 0 Å². The van der Waals surface area contributed by atoms with E-state index < -0.39 is 0 Å². The monoisotopic (exact) mass is 235 g/mol. The first-order valence-corrected chi connectivity index (χ1v) is 6.42. The first-order valence-electron chi connectivity index (χ1n) is 5.54. The molecule has 0 fully saturated rings. The second kappa shape index (κ2) is 4.85. The van der Waals surface area contributed by atoms with Crippen LogP contribution in [0.4, 0.5) is 0 Å². The molecule has 2 rings (SSSR count). The quantitative estimate of drug-likeness (QED) is 0.875. The molecule has 86 valence electrons. The fourth-order valence-electron chi connectivity index (χ4n) is 1.86. The molecule has 0 aliphatic rings. The van der Waals surface area contributed by atoms with Crippen LogP contribution in [0.2, 0.25) is 0 Å². The van der Waals surface area contributed by atoms with Crippen LogP contribution in [-0.2, 0) is 0 Å². The molecule has 1 N–H and O–H groups in total.